The van der Waals surface area contributed by atoms with Crippen LogP contribution in [-0.2, 0) is 14.8 Å². The van der Waals surface area contributed by atoms with Gasteiger partial charge in [-0.3, -0.25) is 4.79 Å². The van der Waals surface area contributed by atoms with E-state index in [1.54, 1.807) is 12.1 Å². The number of hydrogen-bond acceptors (Lipinski definition) is 4. The minimum absolute atomic E-state index is 0.0632. The zero-order valence-electron chi connectivity index (χ0n) is 11.1. The third kappa shape index (κ3) is 3.89. The van der Waals surface area contributed by atoms with Gasteiger partial charge in [-0.1, -0.05) is 0 Å². The van der Waals surface area contributed by atoms with Crippen LogP contribution in [0.15, 0.2) is 56.3 Å². The van der Waals surface area contributed by atoms with E-state index < -0.39 is 10.0 Å². The highest BCUT2D eigenvalue weighted by atomic mass is 79.9. The number of carbonyl (C=O) groups excluding carboxylic acids is 1. The second-order valence-electron chi connectivity index (χ2n) is 4.09. The fourth-order valence-electron chi connectivity index (χ4n) is 1.61. The smallest absolute Gasteiger partial charge is 0.282 e. The van der Waals surface area contributed by atoms with Crippen LogP contribution in [0.4, 0.5) is 0 Å². The minimum atomic E-state index is -3.83. The lowest BCUT2D eigenvalue weighted by molar-refractivity contribution is -0.110. The van der Waals surface area contributed by atoms with E-state index in [9.17, 15) is 13.2 Å². The molecule has 1 aromatic rings. The Morgan fingerprint density at radius 3 is 2.43 bits per heavy atom. The molecule has 0 atom stereocenters. The lowest BCUT2D eigenvalue weighted by Crippen LogP contribution is -2.07. The summed E-state index contributed by atoms with van der Waals surface area (Å²) in [6, 6.07) is 6.01. The molecule has 1 aliphatic carbocycles. The van der Waals surface area contributed by atoms with Gasteiger partial charge in [-0.2, -0.15) is 12.8 Å². The van der Waals surface area contributed by atoms with E-state index >= 15 is 0 Å². The van der Waals surface area contributed by atoms with Gasteiger partial charge in [0.2, 0.25) is 0 Å². The van der Waals surface area contributed by atoms with E-state index in [1.165, 1.54) is 30.4 Å². The first kappa shape index (κ1) is 15.7. The van der Waals surface area contributed by atoms with Gasteiger partial charge in [0.15, 0.2) is 5.78 Å². The molecule has 0 saturated carbocycles. The molecule has 7 heteroatoms. The molecule has 0 heterocycles. The van der Waals surface area contributed by atoms with Crippen LogP contribution in [0.3, 0.4) is 0 Å². The summed E-state index contributed by atoms with van der Waals surface area (Å²) < 4.78 is 33.6. The lowest BCUT2D eigenvalue weighted by atomic mass is 10.2. The Hall–Kier alpha value is -1.73. The summed E-state index contributed by atoms with van der Waals surface area (Å²) in [5.41, 5.74) is 0.190. The molecule has 0 amide bonds. The third-order valence-electron chi connectivity index (χ3n) is 2.57. The van der Waals surface area contributed by atoms with Crippen molar-refractivity contribution in [2.45, 2.75) is 11.8 Å². The molecule has 0 bridgehead atoms. The van der Waals surface area contributed by atoms with E-state index in [2.05, 4.69) is 20.3 Å². The van der Waals surface area contributed by atoms with Crippen molar-refractivity contribution >= 4 is 37.4 Å². The van der Waals surface area contributed by atoms with Crippen molar-refractivity contribution in [3.8, 4) is 5.75 Å². The summed E-state index contributed by atoms with van der Waals surface area (Å²) in [4.78, 5) is 11.3. The average Bonchev–Trinajstić information content (AvgIpc) is 2.44. The van der Waals surface area contributed by atoms with Crippen LogP contribution < -0.4 is 4.74 Å². The van der Waals surface area contributed by atoms with Crippen LogP contribution in [0.1, 0.15) is 6.92 Å². The zero-order chi connectivity index (χ0) is 15.5. The van der Waals surface area contributed by atoms with E-state index in [1.807, 2.05) is 6.92 Å². The predicted octanol–water partition coefficient (Wildman–Crippen LogP) is 2.63. The van der Waals surface area contributed by atoms with E-state index in [0.29, 0.717) is 12.4 Å². The van der Waals surface area contributed by atoms with Gasteiger partial charge >= 0.3 is 0 Å². The lowest BCUT2D eigenvalue weighted by Gasteiger charge is -2.05. The maximum absolute atomic E-state index is 12.2. The number of sulfonamides is 1. The number of hydrogen-bond donors (Lipinski definition) is 0. The Morgan fingerprint density at radius 1 is 1.19 bits per heavy atom. The summed E-state index contributed by atoms with van der Waals surface area (Å²) in [6.07, 6.45) is 3.99. The number of nitrogens with zero attached hydrogens (tertiary/aromatic N) is 1. The first-order valence-electron chi connectivity index (χ1n) is 6.10. The Kier molecular flexibility index (Phi) is 4.74. The normalized spacial score (nSPS) is 17.0. The van der Waals surface area contributed by atoms with Gasteiger partial charge < -0.3 is 4.74 Å². The number of halogens is 1. The number of benzene rings is 1. The van der Waals surface area contributed by atoms with Crippen LogP contribution in [0, 0.1) is 0 Å². The van der Waals surface area contributed by atoms with E-state index in [4.69, 9.17) is 4.74 Å². The van der Waals surface area contributed by atoms with Crippen LogP contribution in [0.25, 0.3) is 0 Å². The predicted molar refractivity (Wildman–Crippen MR) is 83.4 cm³/mol. The maximum atomic E-state index is 12.2. The molecule has 0 radical (unpaired) electrons. The summed E-state index contributed by atoms with van der Waals surface area (Å²) in [5, 5.41) is 0. The molecular weight excluding hydrogens is 358 g/mol. The molecule has 1 aromatic carbocycles. The van der Waals surface area contributed by atoms with Gasteiger partial charge in [0, 0.05) is 0 Å². The number of ether oxygens (including phenoxy) is 1. The highest BCUT2D eigenvalue weighted by Crippen LogP contribution is 2.19. The quantitative estimate of drug-likeness (QED) is 0.764. The molecule has 0 aromatic heterocycles. The molecule has 21 heavy (non-hydrogen) atoms. The number of carbonyl (C=O) groups is 1. The van der Waals surface area contributed by atoms with Crippen molar-refractivity contribution in [1.82, 2.24) is 0 Å². The highest BCUT2D eigenvalue weighted by molar-refractivity contribution is 9.12. The Labute approximate surface area is 131 Å². The molecule has 5 nitrogen and oxygen atoms in total. The van der Waals surface area contributed by atoms with Gasteiger partial charge in [-0.15, -0.1) is 0 Å². The van der Waals surface area contributed by atoms with Crippen molar-refractivity contribution in [3.63, 3.8) is 0 Å². The monoisotopic (exact) mass is 369 g/mol. The Bertz CT molecular complexity index is 746. The SMILES string of the molecule is CCOc1ccc(S(=O)(=O)/N=C2/C=CC(=O)C(Br)=C2)cc1. The molecule has 2 rings (SSSR count). The van der Waals surface area contributed by atoms with Crippen molar-refractivity contribution in [2.24, 2.45) is 4.40 Å². The Morgan fingerprint density at radius 2 is 1.86 bits per heavy atom. The third-order valence-corrected chi connectivity index (χ3v) is 4.51. The summed E-state index contributed by atoms with van der Waals surface area (Å²) >= 11 is 3.05. The molecule has 0 aliphatic heterocycles. The number of allylic oxidation sites excluding steroid dienone is 4. The maximum Gasteiger partial charge on any atom is 0.282 e. The van der Waals surface area contributed by atoms with Crippen LogP contribution in [-0.4, -0.2) is 26.5 Å². The summed E-state index contributed by atoms with van der Waals surface area (Å²) in [5.74, 6) is 0.363. The Balaban J connectivity index is 2.30. The van der Waals surface area contributed by atoms with Gasteiger partial charge in [0.25, 0.3) is 10.0 Å². The molecule has 0 fully saturated rings. The molecule has 0 spiro atoms. The van der Waals surface area contributed by atoms with Crippen molar-refractivity contribution in [1.29, 1.82) is 0 Å². The first-order valence-corrected chi connectivity index (χ1v) is 8.33. The topological polar surface area (TPSA) is 72.8 Å². The second kappa shape index (κ2) is 6.36. The van der Waals surface area contributed by atoms with E-state index in [0.717, 1.165) is 0 Å². The second-order valence-corrected chi connectivity index (χ2v) is 6.54. The average molecular weight is 370 g/mol. The van der Waals surface area contributed by atoms with Gasteiger partial charge in [-0.25, -0.2) is 0 Å². The van der Waals surface area contributed by atoms with Crippen molar-refractivity contribution < 1.29 is 17.9 Å². The van der Waals surface area contributed by atoms with Gasteiger partial charge in [0.1, 0.15) is 5.75 Å². The van der Waals surface area contributed by atoms with Crippen LogP contribution in [0.5, 0.6) is 5.75 Å². The van der Waals surface area contributed by atoms with E-state index in [-0.39, 0.29) is 20.9 Å². The fourth-order valence-corrected chi connectivity index (χ4v) is 2.96. The number of rotatable bonds is 4. The van der Waals surface area contributed by atoms with Gasteiger partial charge in [0.05, 0.1) is 21.7 Å². The molecule has 1 aliphatic rings. The van der Waals surface area contributed by atoms with Crippen molar-refractivity contribution in [2.75, 3.05) is 6.61 Å². The molecule has 0 N–H and O–H groups in total. The molecule has 110 valence electrons. The fraction of sp³-hybridized carbons (Fsp3) is 0.143. The van der Waals surface area contributed by atoms with Crippen molar-refractivity contribution in [3.05, 3.63) is 47.0 Å². The van der Waals surface area contributed by atoms with Crippen LogP contribution >= 0.6 is 15.9 Å². The zero-order valence-corrected chi connectivity index (χ0v) is 13.5. The van der Waals surface area contributed by atoms with Gasteiger partial charge in [-0.05, 0) is 65.3 Å². The first-order chi connectivity index (χ1) is 9.92. The highest BCUT2D eigenvalue weighted by Gasteiger charge is 2.16. The molecular formula is C14H12BrNO4S. The molecule has 0 unspecified atom stereocenters. The summed E-state index contributed by atoms with van der Waals surface area (Å²) in [7, 11) is -3.83. The standard InChI is InChI=1S/C14H12BrNO4S/c1-2-20-11-4-6-12(7-5-11)21(18,19)16-10-3-8-14(17)13(15)9-10/h3-9H,2H2,1H3/b16-10-. The summed E-state index contributed by atoms with van der Waals surface area (Å²) in [6.45, 7) is 2.35. The largest absolute Gasteiger partial charge is 0.494 e. The van der Waals surface area contributed by atoms with Crippen LogP contribution in [0.2, 0.25) is 0 Å². The number of ketones is 1. The molecule has 0 saturated heterocycles. The minimum Gasteiger partial charge on any atom is -0.494 e.